The molecule has 2 aromatic rings. The van der Waals surface area contributed by atoms with Crippen LogP contribution in [0.15, 0.2) is 42.5 Å². The molecule has 2 N–H and O–H groups in total. The SMILES string of the molecule is CCN(CCOc1cc(C(=O)O)cc(C(=O)O)c1)c1cccc(Cl)c1. The standard InChI is InChI=1S/C18H18ClNO5/c1-2-20(15-5-3-4-14(19)11-15)6-7-25-16-9-12(17(21)22)8-13(10-16)18(23)24/h3-5,8-11H,2,6-7H2,1H3,(H,21,22)(H,23,24). The van der Waals surface area contributed by atoms with Gasteiger partial charge >= 0.3 is 11.9 Å². The van der Waals surface area contributed by atoms with Gasteiger partial charge in [0.2, 0.25) is 0 Å². The molecule has 0 heterocycles. The lowest BCUT2D eigenvalue weighted by Gasteiger charge is -2.23. The third-order valence-corrected chi connectivity index (χ3v) is 3.82. The number of benzene rings is 2. The zero-order chi connectivity index (χ0) is 18.4. The summed E-state index contributed by atoms with van der Waals surface area (Å²) in [5.74, 6) is -2.21. The largest absolute Gasteiger partial charge is 0.492 e. The molecule has 0 saturated heterocycles. The van der Waals surface area contributed by atoms with Gasteiger partial charge in [0.25, 0.3) is 0 Å². The maximum Gasteiger partial charge on any atom is 0.335 e. The van der Waals surface area contributed by atoms with Gasteiger partial charge in [-0.2, -0.15) is 0 Å². The quantitative estimate of drug-likeness (QED) is 0.744. The Hall–Kier alpha value is -2.73. The van der Waals surface area contributed by atoms with Crippen LogP contribution in [0.2, 0.25) is 5.02 Å². The number of hydrogen-bond donors (Lipinski definition) is 2. The molecule has 0 aliphatic heterocycles. The van der Waals surface area contributed by atoms with Gasteiger partial charge in [-0.05, 0) is 43.3 Å². The van der Waals surface area contributed by atoms with E-state index in [4.69, 9.17) is 26.6 Å². The number of ether oxygens (including phenoxy) is 1. The molecule has 0 fully saturated rings. The zero-order valence-electron chi connectivity index (χ0n) is 13.6. The van der Waals surface area contributed by atoms with E-state index < -0.39 is 11.9 Å². The predicted octanol–water partition coefficient (Wildman–Crippen LogP) is 3.64. The molecule has 0 aliphatic carbocycles. The van der Waals surface area contributed by atoms with Crippen molar-refractivity contribution in [3.05, 3.63) is 58.6 Å². The average Bonchev–Trinajstić information content (AvgIpc) is 2.58. The van der Waals surface area contributed by atoms with Crippen LogP contribution in [0.1, 0.15) is 27.6 Å². The molecule has 2 aromatic carbocycles. The van der Waals surface area contributed by atoms with E-state index in [2.05, 4.69) is 0 Å². The maximum absolute atomic E-state index is 11.1. The Morgan fingerprint density at radius 1 is 1.08 bits per heavy atom. The van der Waals surface area contributed by atoms with Crippen molar-refractivity contribution in [2.24, 2.45) is 0 Å². The normalized spacial score (nSPS) is 10.3. The first-order chi connectivity index (χ1) is 11.9. The van der Waals surface area contributed by atoms with E-state index in [1.807, 2.05) is 30.0 Å². The molecular weight excluding hydrogens is 346 g/mol. The van der Waals surface area contributed by atoms with Crippen LogP contribution in [0.25, 0.3) is 0 Å². The Bertz CT molecular complexity index is 746. The Kier molecular flexibility index (Phi) is 6.25. The van der Waals surface area contributed by atoms with Crippen molar-refractivity contribution in [2.45, 2.75) is 6.92 Å². The third-order valence-electron chi connectivity index (χ3n) is 3.59. The van der Waals surface area contributed by atoms with E-state index in [1.165, 1.54) is 12.1 Å². The van der Waals surface area contributed by atoms with Crippen LogP contribution in [-0.2, 0) is 0 Å². The van der Waals surface area contributed by atoms with E-state index in [-0.39, 0.29) is 23.5 Å². The van der Waals surface area contributed by atoms with Gasteiger partial charge in [-0.3, -0.25) is 0 Å². The molecular formula is C18H18ClNO5. The van der Waals surface area contributed by atoms with Gasteiger partial charge in [-0.25, -0.2) is 9.59 Å². The van der Waals surface area contributed by atoms with Crippen LogP contribution in [0, 0.1) is 0 Å². The number of carboxylic acids is 2. The lowest BCUT2D eigenvalue weighted by molar-refractivity contribution is 0.0696. The van der Waals surface area contributed by atoms with Gasteiger partial charge in [0.15, 0.2) is 0 Å². The predicted molar refractivity (Wildman–Crippen MR) is 95.2 cm³/mol. The number of nitrogens with zero attached hydrogens (tertiary/aromatic N) is 1. The fourth-order valence-corrected chi connectivity index (χ4v) is 2.53. The highest BCUT2D eigenvalue weighted by atomic mass is 35.5. The van der Waals surface area contributed by atoms with Crippen molar-refractivity contribution >= 4 is 29.2 Å². The molecule has 0 aromatic heterocycles. The monoisotopic (exact) mass is 363 g/mol. The maximum atomic E-state index is 11.1. The average molecular weight is 364 g/mol. The lowest BCUT2D eigenvalue weighted by Crippen LogP contribution is -2.28. The number of carbonyl (C=O) groups is 2. The number of aromatic carboxylic acids is 2. The molecule has 25 heavy (non-hydrogen) atoms. The van der Waals surface area contributed by atoms with Crippen LogP contribution in [0.5, 0.6) is 5.75 Å². The van der Waals surface area contributed by atoms with Crippen LogP contribution in [0.4, 0.5) is 5.69 Å². The molecule has 7 heteroatoms. The van der Waals surface area contributed by atoms with Crippen LogP contribution in [0.3, 0.4) is 0 Å². The number of likely N-dealkylation sites (N-methyl/N-ethyl adjacent to an activating group) is 1. The number of hydrogen-bond acceptors (Lipinski definition) is 4. The summed E-state index contributed by atoms with van der Waals surface area (Å²) in [7, 11) is 0. The topological polar surface area (TPSA) is 87.1 Å². The first-order valence-corrected chi connectivity index (χ1v) is 8.03. The van der Waals surface area contributed by atoms with Gasteiger partial charge in [0.05, 0.1) is 17.7 Å². The fraction of sp³-hybridized carbons (Fsp3) is 0.222. The molecule has 0 amide bonds. The highest BCUT2D eigenvalue weighted by Crippen LogP contribution is 2.20. The number of rotatable bonds is 8. The molecule has 0 aliphatic rings. The molecule has 0 unspecified atom stereocenters. The van der Waals surface area contributed by atoms with Gasteiger partial charge in [0.1, 0.15) is 12.4 Å². The number of carboxylic acid groups (broad SMARTS) is 2. The highest BCUT2D eigenvalue weighted by molar-refractivity contribution is 6.30. The summed E-state index contributed by atoms with van der Waals surface area (Å²) >= 11 is 6.00. The highest BCUT2D eigenvalue weighted by Gasteiger charge is 2.12. The molecule has 0 bridgehead atoms. The summed E-state index contributed by atoms with van der Waals surface area (Å²) in [6.45, 7) is 3.53. The zero-order valence-corrected chi connectivity index (χ0v) is 14.4. The molecule has 0 saturated carbocycles. The van der Waals surface area contributed by atoms with E-state index in [1.54, 1.807) is 6.07 Å². The summed E-state index contributed by atoms with van der Waals surface area (Å²) < 4.78 is 5.57. The summed E-state index contributed by atoms with van der Waals surface area (Å²) in [5.41, 5.74) is 0.693. The molecule has 0 spiro atoms. The smallest absolute Gasteiger partial charge is 0.335 e. The summed E-state index contributed by atoms with van der Waals surface area (Å²) in [5, 5.41) is 18.8. The minimum atomic E-state index is -1.21. The molecule has 0 radical (unpaired) electrons. The van der Waals surface area contributed by atoms with Crippen molar-refractivity contribution in [3.63, 3.8) is 0 Å². The fourth-order valence-electron chi connectivity index (χ4n) is 2.35. The first kappa shape index (κ1) is 18.6. The van der Waals surface area contributed by atoms with E-state index in [0.717, 1.165) is 18.3 Å². The second kappa shape index (κ2) is 8.39. The molecule has 132 valence electrons. The van der Waals surface area contributed by atoms with Gasteiger partial charge in [-0.15, -0.1) is 0 Å². The first-order valence-electron chi connectivity index (χ1n) is 7.65. The number of anilines is 1. The second-order valence-electron chi connectivity index (χ2n) is 5.26. The lowest BCUT2D eigenvalue weighted by atomic mass is 10.1. The van der Waals surface area contributed by atoms with Crippen molar-refractivity contribution in [2.75, 3.05) is 24.6 Å². The van der Waals surface area contributed by atoms with Crippen molar-refractivity contribution < 1.29 is 24.5 Å². The van der Waals surface area contributed by atoms with Gasteiger partial charge in [-0.1, -0.05) is 17.7 Å². The van der Waals surface area contributed by atoms with E-state index in [0.29, 0.717) is 11.6 Å². The minimum absolute atomic E-state index is 0.128. The van der Waals surface area contributed by atoms with Gasteiger partial charge < -0.3 is 19.8 Å². The summed E-state index contributed by atoms with van der Waals surface area (Å²) in [6, 6.07) is 11.1. The molecule has 2 rings (SSSR count). The molecule has 6 nitrogen and oxygen atoms in total. The second-order valence-corrected chi connectivity index (χ2v) is 5.70. The van der Waals surface area contributed by atoms with Crippen LogP contribution >= 0.6 is 11.6 Å². The minimum Gasteiger partial charge on any atom is -0.492 e. The van der Waals surface area contributed by atoms with Crippen LogP contribution < -0.4 is 9.64 Å². The van der Waals surface area contributed by atoms with Crippen LogP contribution in [-0.4, -0.2) is 41.8 Å². The van der Waals surface area contributed by atoms with Gasteiger partial charge in [0, 0.05) is 17.3 Å². The molecule has 0 atom stereocenters. The van der Waals surface area contributed by atoms with Crippen molar-refractivity contribution in [3.8, 4) is 5.75 Å². The number of halogens is 1. The van der Waals surface area contributed by atoms with Crippen molar-refractivity contribution in [1.82, 2.24) is 0 Å². The Labute approximate surface area is 150 Å². The Morgan fingerprint density at radius 2 is 1.72 bits per heavy atom. The van der Waals surface area contributed by atoms with Crippen molar-refractivity contribution in [1.29, 1.82) is 0 Å². The third kappa shape index (κ3) is 5.12. The van der Waals surface area contributed by atoms with E-state index in [9.17, 15) is 9.59 Å². The van der Waals surface area contributed by atoms with E-state index >= 15 is 0 Å². The Balaban J connectivity index is 2.07. The summed E-state index contributed by atoms with van der Waals surface area (Å²) in [4.78, 5) is 24.3. The Morgan fingerprint density at radius 3 is 2.24 bits per heavy atom. The summed E-state index contributed by atoms with van der Waals surface area (Å²) in [6.07, 6.45) is 0.